The normalized spacial score (nSPS) is 30.1. The van der Waals surface area contributed by atoms with Gasteiger partial charge in [-0.1, -0.05) is 0 Å². The number of ether oxygens (including phenoxy) is 2. The summed E-state index contributed by atoms with van der Waals surface area (Å²) in [5, 5.41) is 3.34. The van der Waals surface area contributed by atoms with Gasteiger partial charge in [0.25, 0.3) is 0 Å². The van der Waals surface area contributed by atoms with Crippen LogP contribution in [0.25, 0.3) is 0 Å². The molecule has 3 unspecified atom stereocenters. The molecule has 3 atom stereocenters. The maximum absolute atomic E-state index is 13.5. The summed E-state index contributed by atoms with van der Waals surface area (Å²) in [6.45, 7) is 5.92. The fourth-order valence-electron chi connectivity index (χ4n) is 5.17. The number of hydrogen-bond acceptors (Lipinski definition) is 5. The molecule has 0 bridgehead atoms. The van der Waals surface area contributed by atoms with Gasteiger partial charge in [-0.2, -0.15) is 0 Å². The molecular formula is C21H38ClN3O4. The fraction of sp³-hybridized carbons (Fsp3) is 0.905. The van der Waals surface area contributed by atoms with Crippen LogP contribution in [0.5, 0.6) is 0 Å². The molecule has 3 fully saturated rings. The second-order valence-electron chi connectivity index (χ2n) is 8.90. The molecule has 0 aromatic rings. The summed E-state index contributed by atoms with van der Waals surface area (Å²) >= 11 is 0. The van der Waals surface area contributed by atoms with Gasteiger partial charge in [0.15, 0.2) is 0 Å². The summed E-state index contributed by atoms with van der Waals surface area (Å²) < 4.78 is 10.6. The second kappa shape index (κ2) is 11.5. The van der Waals surface area contributed by atoms with E-state index in [2.05, 4.69) is 5.32 Å². The number of likely N-dealkylation sites (tertiary alicyclic amines) is 2. The van der Waals surface area contributed by atoms with Crippen molar-refractivity contribution in [2.45, 2.75) is 38.5 Å². The van der Waals surface area contributed by atoms with Gasteiger partial charge >= 0.3 is 0 Å². The Hall–Kier alpha value is -0.890. The number of hydrogen-bond donors (Lipinski definition) is 1. The Kier molecular flexibility index (Phi) is 9.66. The number of nitrogens with zero attached hydrogens (tertiary/aromatic N) is 2. The first-order valence-electron chi connectivity index (χ1n) is 10.8. The van der Waals surface area contributed by atoms with Gasteiger partial charge in [0.2, 0.25) is 11.8 Å². The Labute approximate surface area is 181 Å². The molecule has 168 valence electrons. The fourth-order valence-corrected chi connectivity index (χ4v) is 5.17. The third-order valence-corrected chi connectivity index (χ3v) is 6.67. The third-order valence-electron chi connectivity index (χ3n) is 6.67. The van der Waals surface area contributed by atoms with Gasteiger partial charge in [-0.25, -0.2) is 0 Å². The Morgan fingerprint density at radius 3 is 2.14 bits per heavy atom. The van der Waals surface area contributed by atoms with E-state index in [1.165, 1.54) is 0 Å². The molecule has 0 aliphatic carbocycles. The number of carbonyl (C=O) groups is 2. The molecule has 2 amide bonds. The van der Waals surface area contributed by atoms with Gasteiger partial charge in [0.05, 0.1) is 18.6 Å². The first kappa shape index (κ1) is 24.4. The van der Waals surface area contributed by atoms with Crippen LogP contribution in [-0.4, -0.2) is 88.3 Å². The lowest BCUT2D eigenvalue weighted by molar-refractivity contribution is -0.149. The lowest BCUT2D eigenvalue weighted by Gasteiger charge is -2.40. The van der Waals surface area contributed by atoms with E-state index < -0.39 is 5.41 Å². The highest BCUT2D eigenvalue weighted by atomic mass is 35.5. The van der Waals surface area contributed by atoms with E-state index in [4.69, 9.17) is 9.47 Å². The highest BCUT2D eigenvalue weighted by molar-refractivity contribution is 5.89. The lowest BCUT2D eigenvalue weighted by Crippen LogP contribution is -2.52. The Bertz CT molecular complexity index is 538. The minimum atomic E-state index is -0.583. The first-order chi connectivity index (χ1) is 13.6. The van der Waals surface area contributed by atoms with Crippen molar-refractivity contribution in [3.05, 3.63) is 0 Å². The molecule has 0 radical (unpaired) electrons. The summed E-state index contributed by atoms with van der Waals surface area (Å²) in [7, 11) is 3.44. The Balaban J connectivity index is 0.00000300. The molecule has 29 heavy (non-hydrogen) atoms. The van der Waals surface area contributed by atoms with E-state index in [1.807, 2.05) is 9.80 Å². The summed E-state index contributed by atoms with van der Waals surface area (Å²) in [5.74, 6) is 1.11. The molecule has 3 aliphatic heterocycles. The summed E-state index contributed by atoms with van der Waals surface area (Å²) in [6, 6.07) is 0. The molecule has 3 rings (SSSR count). The molecule has 3 aliphatic rings. The van der Waals surface area contributed by atoms with Crippen molar-refractivity contribution < 1.29 is 19.1 Å². The number of carbonyl (C=O) groups excluding carboxylic acids is 2. The number of piperidine rings is 2. The minimum Gasteiger partial charge on any atom is -0.384 e. The summed E-state index contributed by atoms with van der Waals surface area (Å²) in [6.07, 6.45) is 5.32. The zero-order valence-corrected chi connectivity index (χ0v) is 18.8. The first-order valence-corrected chi connectivity index (χ1v) is 10.8. The maximum Gasteiger partial charge on any atom is 0.230 e. The van der Waals surface area contributed by atoms with E-state index in [0.29, 0.717) is 38.0 Å². The monoisotopic (exact) mass is 431 g/mol. The van der Waals surface area contributed by atoms with Crippen molar-refractivity contribution >= 4 is 24.2 Å². The van der Waals surface area contributed by atoms with Gasteiger partial charge in [0.1, 0.15) is 0 Å². The maximum atomic E-state index is 13.5. The van der Waals surface area contributed by atoms with Gasteiger partial charge in [-0.15, -0.1) is 12.4 Å². The molecule has 8 heteroatoms. The lowest BCUT2D eigenvalue weighted by atomic mass is 9.80. The van der Waals surface area contributed by atoms with E-state index >= 15 is 0 Å². The van der Waals surface area contributed by atoms with Crippen LogP contribution in [0.3, 0.4) is 0 Å². The smallest absolute Gasteiger partial charge is 0.230 e. The Morgan fingerprint density at radius 1 is 1.00 bits per heavy atom. The van der Waals surface area contributed by atoms with Crippen LogP contribution in [0.2, 0.25) is 0 Å². The largest absolute Gasteiger partial charge is 0.384 e. The quantitative estimate of drug-likeness (QED) is 0.662. The van der Waals surface area contributed by atoms with Crippen molar-refractivity contribution in [1.82, 2.24) is 15.1 Å². The van der Waals surface area contributed by atoms with Crippen LogP contribution in [0.15, 0.2) is 0 Å². The highest BCUT2D eigenvalue weighted by Gasteiger charge is 2.46. The van der Waals surface area contributed by atoms with Crippen LogP contribution in [0.4, 0.5) is 0 Å². The zero-order chi connectivity index (χ0) is 20.0. The summed E-state index contributed by atoms with van der Waals surface area (Å²) in [4.78, 5) is 30.6. The number of methoxy groups -OCH3 is 2. The van der Waals surface area contributed by atoms with Crippen molar-refractivity contribution in [3.63, 3.8) is 0 Å². The van der Waals surface area contributed by atoms with E-state index in [-0.39, 0.29) is 24.2 Å². The molecule has 3 saturated heterocycles. The van der Waals surface area contributed by atoms with Crippen molar-refractivity contribution in [2.75, 3.05) is 66.7 Å². The van der Waals surface area contributed by atoms with Crippen LogP contribution in [0.1, 0.15) is 38.5 Å². The van der Waals surface area contributed by atoms with E-state index in [0.717, 1.165) is 64.8 Å². The van der Waals surface area contributed by atoms with Crippen LogP contribution in [0, 0.1) is 17.3 Å². The molecule has 0 spiro atoms. The molecule has 1 N–H and O–H groups in total. The molecule has 0 aromatic carbocycles. The van der Waals surface area contributed by atoms with Crippen LogP contribution in [-0.2, 0) is 19.1 Å². The molecular weight excluding hydrogens is 394 g/mol. The molecule has 0 saturated carbocycles. The minimum absolute atomic E-state index is 0. The second-order valence-corrected chi connectivity index (χ2v) is 8.90. The van der Waals surface area contributed by atoms with Crippen molar-refractivity contribution in [3.8, 4) is 0 Å². The number of halogens is 1. The molecule has 0 aromatic heterocycles. The van der Waals surface area contributed by atoms with Crippen LogP contribution >= 0.6 is 12.4 Å². The van der Waals surface area contributed by atoms with Crippen molar-refractivity contribution in [1.29, 1.82) is 0 Å². The average Bonchev–Trinajstić information content (AvgIpc) is 3.18. The van der Waals surface area contributed by atoms with Gasteiger partial charge in [0, 0.05) is 53.4 Å². The van der Waals surface area contributed by atoms with Crippen LogP contribution < -0.4 is 5.32 Å². The SMILES string of the molecule is COCC1CCCN(C(=O)CC2(C(=O)N3CCCC(COC)C3)CCNC2)C1.Cl. The molecule has 3 heterocycles. The third kappa shape index (κ3) is 6.06. The van der Waals surface area contributed by atoms with Gasteiger partial charge < -0.3 is 24.6 Å². The van der Waals surface area contributed by atoms with Gasteiger partial charge in [-0.3, -0.25) is 9.59 Å². The van der Waals surface area contributed by atoms with Crippen molar-refractivity contribution in [2.24, 2.45) is 17.3 Å². The standard InChI is InChI=1S/C21H37N3O4.ClH/c1-27-14-17-5-3-9-23(12-17)19(25)11-21(7-8-22-16-21)20(26)24-10-4-6-18(13-24)15-28-2;/h17-18,22H,3-16H2,1-2H3;1H. The van der Waals surface area contributed by atoms with Gasteiger partial charge in [-0.05, 0) is 50.5 Å². The average molecular weight is 432 g/mol. The molecule has 7 nitrogen and oxygen atoms in total. The zero-order valence-electron chi connectivity index (χ0n) is 18.0. The predicted molar refractivity (Wildman–Crippen MR) is 114 cm³/mol. The van der Waals surface area contributed by atoms with E-state index in [9.17, 15) is 9.59 Å². The van der Waals surface area contributed by atoms with E-state index in [1.54, 1.807) is 14.2 Å². The number of nitrogens with one attached hydrogen (secondary N) is 1. The topological polar surface area (TPSA) is 71.1 Å². The number of rotatable bonds is 7. The Morgan fingerprint density at radius 2 is 1.59 bits per heavy atom. The highest BCUT2D eigenvalue weighted by Crippen LogP contribution is 2.35. The number of amides is 2. The predicted octanol–water partition coefficient (Wildman–Crippen LogP) is 1.55. The summed E-state index contributed by atoms with van der Waals surface area (Å²) in [5.41, 5.74) is -0.583.